The van der Waals surface area contributed by atoms with E-state index in [-0.39, 0.29) is 0 Å². The van der Waals surface area contributed by atoms with Crippen LogP contribution in [0.4, 0.5) is 13.2 Å². The molecule has 22 heavy (non-hydrogen) atoms. The minimum Gasteiger partial charge on any atom is -0.380 e. The lowest BCUT2D eigenvalue weighted by Gasteiger charge is -2.08. The van der Waals surface area contributed by atoms with E-state index in [1.165, 1.54) is 12.1 Å². The number of ether oxygens (including phenoxy) is 1. The van der Waals surface area contributed by atoms with E-state index >= 15 is 0 Å². The number of methoxy groups -OCH3 is 1. The molecule has 0 saturated heterocycles. The van der Waals surface area contributed by atoms with Crippen LogP contribution in [0.2, 0.25) is 0 Å². The first kappa shape index (κ1) is 15.1. The second kappa shape index (κ2) is 5.74. The van der Waals surface area contributed by atoms with Crippen LogP contribution in [-0.2, 0) is 17.5 Å². The van der Waals surface area contributed by atoms with Crippen LogP contribution in [0, 0.1) is 0 Å². The fraction of sp³-hybridized carbons (Fsp3) is 0.176. The monoisotopic (exact) mass is 322 g/mol. The minimum atomic E-state index is -4.31. The molecule has 0 N–H and O–H groups in total. The molecule has 2 aromatic carbocycles. The Balaban J connectivity index is 2.11. The average molecular weight is 322 g/mol. The summed E-state index contributed by atoms with van der Waals surface area (Å²) in [5, 5.41) is 1.09. The van der Waals surface area contributed by atoms with Crippen LogP contribution in [0.3, 0.4) is 0 Å². The summed E-state index contributed by atoms with van der Waals surface area (Å²) in [4.78, 5) is 0.955. The van der Waals surface area contributed by atoms with Gasteiger partial charge < -0.3 is 4.74 Å². The van der Waals surface area contributed by atoms with Crippen LogP contribution >= 0.6 is 11.3 Å². The smallest absolute Gasteiger partial charge is 0.380 e. The Morgan fingerprint density at radius 1 is 1.00 bits per heavy atom. The molecule has 114 valence electrons. The molecule has 0 aliphatic carbocycles. The molecule has 1 nitrogen and oxygen atoms in total. The van der Waals surface area contributed by atoms with Gasteiger partial charge in [0.05, 0.1) is 12.2 Å². The van der Waals surface area contributed by atoms with E-state index in [9.17, 15) is 13.2 Å². The van der Waals surface area contributed by atoms with Crippen LogP contribution < -0.4 is 0 Å². The van der Waals surface area contributed by atoms with Crippen molar-refractivity contribution in [1.29, 1.82) is 0 Å². The Hall–Kier alpha value is -1.85. The average Bonchev–Trinajstić information content (AvgIpc) is 2.86. The fourth-order valence-corrected chi connectivity index (χ4v) is 3.64. The molecule has 3 aromatic rings. The van der Waals surface area contributed by atoms with E-state index in [1.54, 1.807) is 18.4 Å². The number of rotatable bonds is 3. The molecular formula is C17H13F3OS. The molecule has 0 bridgehead atoms. The number of halogens is 3. The topological polar surface area (TPSA) is 9.23 Å². The molecule has 1 heterocycles. The van der Waals surface area contributed by atoms with Crippen LogP contribution in [-0.4, -0.2) is 7.11 Å². The fourth-order valence-electron chi connectivity index (χ4n) is 2.43. The maximum Gasteiger partial charge on any atom is 0.416 e. The number of thiophene rings is 1. The van der Waals surface area contributed by atoms with Crippen molar-refractivity contribution >= 4 is 21.4 Å². The van der Waals surface area contributed by atoms with Crippen LogP contribution in [0.25, 0.3) is 20.5 Å². The van der Waals surface area contributed by atoms with Crippen molar-refractivity contribution in [3.05, 3.63) is 59.7 Å². The van der Waals surface area contributed by atoms with Crippen molar-refractivity contribution in [2.24, 2.45) is 0 Å². The highest BCUT2D eigenvalue weighted by Crippen LogP contribution is 2.40. The minimum absolute atomic E-state index is 0.431. The highest BCUT2D eigenvalue weighted by molar-refractivity contribution is 7.22. The van der Waals surface area contributed by atoms with E-state index in [0.717, 1.165) is 38.2 Å². The Morgan fingerprint density at radius 3 is 2.32 bits per heavy atom. The summed E-state index contributed by atoms with van der Waals surface area (Å²) in [6.45, 7) is 0.431. The molecule has 1 aromatic heterocycles. The van der Waals surface area contributed by atoms with E-state index in [4.69, 9.17) is 4.74 Å². The van der Waals surface area contributed by atoms with Crippen LogP contribution in [0.1, 0.15) is 11.1 Å². The predicted molar refractivity (Wildman–Crippen MR) is 83.0 cm³/mol. The maximum absolute atomic E-state index is 12.7. The second-order valence-corrected chi connectivity index (χ2v) is 5.97. The lowest BCUT2D eigenvalue weighted by molar-refractivity contribution is -0.137. The maximum atomic E-state index is 12.7. The zero-order valence-corrected chi connectivity index (χ0v) is 12.6. The largest absolute Gasteiger partial charge is 0.416 e. The van der Waals surface area contributed by atoms with Gasteiger partial charge in [-0.25, -0.2) is 0 Å². The van der Waals surface area contributed by atoms with Crippen molar-refractivity contribution < 1.29 is 17.9 Å². The van der Waals surface area contributed by atoms with Gasteiger partial charge in [-0.15, -0.1) is 11.3 Å². The summed E-state index contributed by atoms with van der Waals surface area (Å²) in [6, 6.07) is 13.2. The molecule has 0 aliphatic rings. The van der Waals surface area contributed by atoms with Gasteiger partial charge in [-0.1, -0.05) is 30.3 Å². The van der Waals surface area contributed by atoms with E-state index in [0.29, 0.717) is 6.61 Å². The molecule has 0 spiro atoms. The second-order valence-electron chi connectivity index (χ2n) is 4.91. The normalized spacial score (nSPS) is 12.0. The molecular weight excluding hydrogens is 309 g/mol. The van der Waals surface area contributed by atoms with Gasteiger partial charge in [-0.2, -0.15) is 13.2 Å². The van der Waals surface area contributed by atoms with E-state index < -0.39 is 11.7 Å². The molecule has 0 radical (unpaired) electrons. The Labute approximate surface area is 130 Å². The van der Waals surface area contributed by atoms with Crippen molar-refractivity contribution in [1.82, 2.24) is 0 Å². The molecule has 5 heteroatoms. The number of hydrogen-bond acceptors (Lipinski definition) is 2. The third-order valence-electron chi connectivity index (χ3n) is 3.46. The van der Waals surface area contributed by atoms with Crippen molar-refractivity contribution in [2.45, 2.75) is 12.8 Å². The zero-order valence-electron chi connectivity index (χ0n) is 11.8. The first-order valence-corrected chi connectivity index (χ1v) is 7.49. The number of hydrogen-bond donors (Lipinski definition) is 0. The highest BCUT2D eigenvalue weighted by Gasteiger charge is 2.30. The lowest BCUT2D eigenvalue weighted by atomic mass is 10.0. The molecule has 0 saturated carbocycles. The summed E-state index contributed by atoms with van der Waals surface area (Å²) < 4.78 is 44.4. The van der Waals surface area contributed by atoms with Gasteiger partial charge in [0.1, 0.15) is 0 Å². The molecule has 0 unspecified atom stereocenters. The van der Waals surface area contributed by atoms with E-state index in [2.05, 4.69) is 0 Å². The first-order chi connectivity index (χ1) is 10.5. The lowest BCUT2D eigenvalue weighted by Crippen LogP contribution is -2.04. The van der Waals surface area contributed by atoms with Crippen LogP contribution in [0.5, 0.6) is 0 Å². The summed E-state index contributed by atoms with van der Waals surface area (Å²) in [6.07, 6.45) is -4.31. The van der Waals surface area contributed by atoms with Gasteiger partial charge in [-0.3, -0.25) is 0 Å². The quantitative estimate of drug-likeness (QED) is 0.598. The summed E-state index contributed by atoms with van der Waals surface area (Å²) in [7, 11) is 1.61. The van der Waals surface area contributed by atoms with Gasteiger partial charge in [0, 0.05) is 22.3 Å². The number of benzene rings is 2. The van der Waals surface area contributed by atoms with Gasteiger partial charge in [0.2, 0.25) is 0 Å². The standard InChI is InChI=1S/C17H13F3OS/c1-21-10-14-13-4-2-3-5-15(13)22-16(14)11-6-8-12(9-7-11)17(18,19)20/h2-9H,10H2,1H3. The molecule has 3 rings (SSSR count). The Bertz CT molecular complexity index is 788. The van der Waals surface area contributed by atoms with Crippen molar-refractivity contribution in [3.8, 4) is 10.4 Å². The molecule has 0 amide bonds. The van der Waals surface area contributed by atoms with Crippen LogP contribution in [0.15, 0.2) is 48.5 Å². The summed E-state index contributed by atoms with van der Waals surface area (Å²) >= 11 is 1.57. The molecule has 0 atom stereocenters. The van der Waals surface area contributed by atoms with Gasteiger partial charge in [0.15, 0.2) is 0 Å². The van der Waals surface area contributed by atoms with Gasteiger partial charge >= 0.3 is 6.18 Å². The van der Waals surface area contributed by atoms with E-state index in [1.807, 2.05) is 24.3 Å². The first-order valence-electron chi connectivity index (χ1n) is 6.67. The van der Waals surface area contributed by atoms with Crippen molar-refractivity contribution in [2.75, 3.05) is 7.11 Å². The zero-order chi connectivity index (χ0) is 15.7. The SMILES string of the molecule is COCc1c(-c2ccc(C(F)(F)F)cc2)sc2ccccc12. The third-order valence-corrected chi connectivity index (χ3v) is 4.72. The predicted octanol–water partition coefficient (Wildman–Crippen LogP) is 5.73. The van der Waals surface area contributed by atoms with Gasteiger partial charge in [0.25, 0.3) is 0 Å². The highest BCUT2D eigenvalue weighted by atomic mass is 32.1. The third kappa shape index (κ3) is 2.74. The van der Waals surface area contributed by atoms with Gasteiger partial charge in [-0.05, 0) is 29.1 Å². The van der Waals surface area contributed by atoms with Crippen molar-refractivity contribution in [3.63, 3.8) is 0 Å². The Kier molecular flexibility index (Phi) is 3.93. The Morgan fingerprint density at radius 2 is 1.68 bits per heavy atom. The molecule has 0 fully saturated rings. The number of fused-ring (bicyclic) bond motifs is 1. The molecule has 0 aliphatic heterocycles. The summed E-state index contributed by atoms with van der Waals surface area (Å²) in [5.41, 5.74) is 1.16. The number of alkyl halides is 3. The summed E-state index contributed by atoms with van der Waals surface area (Å²) in [5.74, 6) is 0.